The van der Waals surface area contributed by atoms with Crippen molar-refractivity contribution in [3.63, 3.8) is 0 Å². The van der Waals surface area contributed by atoms with E-state index in [0.717, 1.165) is 4.47 Å². The summed E-state index contributed by atoms with van der Waals surface area (Å²) in [7, 11) is -1.19. The average molecular weight is 493 g/mol. The van der Waals surface area contributed by atoms with Crippen LogP contribution in [0.5, 0.6) is 11.9 Å². The van der Waals surface area contributed by atoms with Crippen molar-refractivity contribution in [3.8, 4) is 11.9 Å². The van der Waals surface area contributed by atoms with E-state index in [2.05, 4.69) is 35.9 Å². The molecule has 30 heavy (non-hydrogen) atoms. The number of ether oxygens (including phenoxy) is 2. The number of aromatic nitrogens is 2. The van der Waals surface area contributed by atoms with Crippen LogP contribution in [0.4, 0.5) is 11.5 Å². The Morgan fingerprint density at radius 1 is 1.00 bits per heavy atom. The van der Waals surface area contributed by atoms with Crippen molar-refractivity contribution in [2.75, 3.05) is 24.3 Å². The first-order valence-electron chi connectivity index (χ1n) is 8.47. The van der Waals surface area contributed by atoms with E-state index in [1.807, 2.05) is 6.07 Å². The Kier molecular flexibility index (Phi) is 6.53. The molecule has 11 heteroatoms. The molecule has 0 spiro atoms. The molecule has 1 amide bonds. The van der Waals surface area contributed by atoms with Crippen LogP contribution in [0.1, 0.15) is 10.4 Å². The molecule has 1 aromatic heterocycles. The standard InChI is InChI=1S/C19H17BrN4O5S/c1-28-17-11-16(22-19(23-17)29-2)24-30(26,27)15-8-6-14(7-9-15)21-18(25)12-4-3-5-13(20)10-12/h3-11H,1-2H3,(H,21,25)(H,22,23,24). The number of nitrogens with zero attached hydrogens (tertiary/aromatic N) is 2. The van der Waals surface area contributed by atoms with Crippen LogP contribution in [0.2, 0.25) is 0 Å². The molecule has 156 valence electrons. The number of benzene rings is 2. The summed E-state index contributed by atoms with van der Waals surface area (Å²) < 4.78 is 38.4. The molecule has 0 bridgehead atoms. The van der Waals surface area contributed by atoms with Gasteiger partial charge in [-0.2, -0.15) is 9.97 Å². The van der Waals surface area contributed by atoms with Crippen molar-refractivity contribution in [2.24, 2.45) is 0 Å². The van der Waals surface area contributed by atoms with Crippen LogP contribution in [0, 0.1) is 0 Å². The highest BCUT2D eigenvalue weighted by Crippen LogP contribution is 2.22. The second kappa shape index (κ2) is 9.09. The zero-order valence-electron chi connectivity index (χ0n) is 15.9. The fourth-order valence-electron chi connectivity index (χ4n) is 2.40. The maximum atomic E-state index is 12.6. The van der Waals surface area contributed by atoms with Gasteiger partial charge in [-0.05, 0) is 42.5 Å². The Hall–Kier alpha value is -3.18. The monoisotopic (exact) mass is 492 g/mol. The lowest BCUT2D eigenvalue weighted by molar-refractivity contribution is 0.102. The van der Waals surface area contributed by atoms with Crippen LogP contribution < -0.4 is 19.5 Å². The molecule has 0 aliphatic heterocycles. The number of amides is 1. The zero-order valence-corrected chi connectivity index (χ0v) is 18.3. The Morgan fingerprint density at radius 2 is 1.73 bits per heavy atom. The lowest BCUT2D eigenvalue weighted by Crippen LogP contribution is -2.15. The van der Waals surface area contributed by atoms with E-state index in [4.69, 9.17) is 9.47 Å². The Labute approximate surface area is 181 Å². The van der Waals surface area contributed by atoms with Crippen molar-refractivity contribution in [2.45, 2.75) is 4.90 Å². The number of rotatable bonds is 7. The third-order valence-corrected chi connectivity index (χ3v) is 5.69. The van der Waals surface area contributed by atoms with E-state index in [9.17, 15) is 13.2 Å². The summed E-state index contributed by atoms with van der Waals surface area (Å²) in [5, 5.41) is 2.72. The van der Waals surface area contributed by atoms with Crippen molar-refractivity contribution in [1.29, 1.82) is 0 Å². The van der Waals surface area contributed by atoms with E-state index < -0.39 is 10.0 Å². The van der Waals surface area contributed by atoms with Gasteiger partial charge < -0.3 is 14.8 Å². The second-order valence-corrected chi connectivity index (χ2v) is 8.47. The number of hydrogen-bond donors (Lipinski definition) is 2. The summed E-state index contributed by atoms with van der Waals surface area (Å²) in [6, 6.07) is 13.9. The van der Waals surface area contributed by atoms with Crippen LogP contribution in [0.25, 0.3) is 0 Å². The molecule has 0 atom stereocenters. The molecule has 0 fully saturated rings. The predicted octanol–water partition coefficient (Wildman–Crippen LogP) is 3.31. The molecule has 0 aliphatic carbocycles. The fraction of sp³-hybridized carbons (Fsp3) is 0.105. The highest BCUT2D eigenvalue weighted by Gasteiger charge is 2.17. The number of carbonyl (C=O) groups is 1. The molecule has 3 rings (SSSR count). The van der Waals surface area contributed by atoms with Crippen LogP contribution in [-0.4, -0.2) is 38.5 Å². The van der Waals surface area contributed by atoms with Gasteiger partial charge in [0.05, 0.1) is 19.1 Å². The van der Waals surface area contributed by atoms with Gasteiger partial charge in [-0.1, -0.05) is 22.0 Å². The van der Waals surface area contributed by atoms with Gasteiger partial charge in [0.2, 0.25) is 5.88 Å². The van der Waals surface area contributed by atoms with Gasteiger partial charge in [0.15, 0.2) is 5.82 Å². The molecule has 3 aromatic rings. The molecule has 0 radical (unpaired) electrons. The van der Waals surface area contributed by atoms with Crippen molar-refractivity contribution in [3.05, 3.63) is 64.6 Å². The molecule has 0 unspecified atom stereocenters. The lowest BCUT2D eigenvalue weighted by atomic mass is 10.2. The molecular weight excluding hydrogens is 476 g/mol. The minimum Gasteiger partial charge on any atom is -0.481 e. The quantitative estimate of drug-likeness (QED) is 0.518. The summed E-state index contributed by atoms with van der Waals surface area (Å²) in [5.74, 6) is -0.180. The number of carbonyl (C=O) groups excluding carboxylic acids is 1. The Morgan fingerprint density at radius 3 is 2.37 bits per heavy atom. The van der Waals surface area contributed by atoms with Crippen molar-refractivity contribution >= 4 is 43.4 Å². The number of methoxy groups -OCH3 is 2. The third-order valence-electron chi connectivity index (χ3n) is 3.82. The number of halogens is 1. The summed E-state index contributed by atoms with van der Waals surface area (Å²) in [4.78, 5) is 20.1. The van der Waals surface area contributed by atoms with E-state index >= 15 is 0 Å². The minimum absolute atomic E-state index is 0.00858. The number of hydrogen-bond acceptors (Lipinski definition) is 7. The topological polar surface area (TPSA) is 120 Å². The Bertz CT molecular complexity index is 1150. The molecule has 2 aromatic carbocycles. The first kappa shape index (κ1) is 21.5. The maximum absolute atomic E-state index is 12.6. The normalized spacial score (nSPS) is 10.9. The van der Waals surface area contributed by atoms with E-state index in [-0.39, 0.29) is 28.5 Å². The van der Waals surface area contributed by atoms with Gasteiger partial charge in [0.1, 0.15) is 0 Å². The summed E-state index contributed by atoms with van der Waals surface area (Å²) in [6.07, 6.45) is 0. The smallest absolute Gasteiger partial charge is 0.321 e. The fourth-order valence-corrected chi connectivity index (χ4v) is 3.79. The second-order valence-electron chi connectivity index (χ2n) is 5.88. The van der Waals surface area contributed by atoms with Gasteiger partial charge in [-0.3, -0.25) is 9.52 Å². The lowest BCUT2D eigenvalue weighted by Gasteiger charge is -2.10. The Balaban J connectivity index is 1.75. The summed E-state index contributed by atoms with van der Waals surface area (Å²) >= 11 is 3.31. The van der Waals surface area contributed by atoms with E-state index in [1.165, 1.54) is 44.6 Å². The molecule has 0 aliphatic rings. The van der Waals surface area contributed by atoms with Gasteiger partial charge in [0.25, 0.3) is 15.9 Å². The van der Waals surface area contributed by atoms with Gasteiger partial charge in [0, 0.05) is 21.8 Å². The average Bonchev–Trinajstić information content (AvgIpc) is 2.73. The number of nitrogens with one attached hydrogen (secondary N) is 2. The van der Waals surface area contributed by atoms with E-state index in [1.54, 1.807) is 18.2 Å². The largest absolute Gasteiger partial charge is 0.481 e. The summed E-state index contributed by atoms with van der Waals surface area (Å²) in [5.41, 5.74) is 0.915. The van der Waals surface area contributed by atoms with Crippen LogP contribution in [0.3, 0.4) is 0 Å². The van der Waals surface area contributed by atoms with Crippen molar-refractivity contribution < 1.29 is 22.7 Å². The van der Waals surface area contributed by atoms with Gasteiger partial charge in [-0.25, -0.2) is 8.42 Å². The minimum atomic E-state index is -3.94. The molecule has 2 N–H and O–H groups in total. The maximum Gasteiger partial charge on any atom is 0.321 e. The first-order valence-corrected chi connectivity index (χ1v) is 10.8. The summed E-state index contributed by atoms with van der Waals surface area (Å²) in [6.45, 7) is 0. The molecule has 1 heterocycles. The molecule has 0 saturated carbocycles. The SMILES string of the molecule is COc1cc(NS(=O)(=O)c2ccc(NC(=O)c3cccc(Br)c3)cc2)nc(OC)n1. The first-order chi connectivity index (χ1) is 14.3. The van der Waals surface area contributed by atoms with Gasteiger partial charge in [-0.15, -0.1) is 0 Å². The molecular formula is C19H17BrN4O5S. The van der Waals surface area contributed by atoms with E-state index in [0.29, 0.717) is 11.3 Å². The highest BCUT2D eigenvalue weighted by molar-refractivity contribution is 9.10. The van der Waals surface area contributed by atoms with Crippen LogP contribution >= 0.6 is 15.9 Å². The predicted molar refractivity (Wildman–Crippen MR) is 114 cm³/mol. The molecule has 9 nitrogen and oxygen atoms in total. The van der Waals surface area contributed by atoms with Crippen LogP contribution in [0.15, 0.2) is 64.0 Å². The zero-order chi connectivity index (χ0) is 21.7. The van der Waals surface area contributed by atoms with Gasteiger partial charge >= 0.3 is 6.01 Å². The van der Waals surface area contributed by atoms with Crippen LogP contribution in [-0.2, 0) is 10.0 Å². The van der Waals surface area contributed by atoms with Crippen molar-refractivity contribution in [1.82, 2.24) is 9.97 Å². The number of sulfonamides is 1. The number of anilines is 2. The highest BCUT2D eigenvalue weighted by atomic mass is 79.9. The third kappa shape index (κ3) is 5.24. The molecule has 0 saturated heterocycles.